The predicted molar refractivity (Wildman–Crippen MR) is 74.8 cm³/mol. The van der Waals surface area contributed by atoms with Crippen molar-refractivity contribution >= 4 is 17.7 Å². The molecule has 0 bridgehead atoms. The third-order valence-corrected chi connectivity index (χ3v) is 3.25. The van der Waals surface area contributed by atoms with E-state index in [4.69, 9.17) is 5.11 Å². The third-order valence-electron chi connectivity index (χ3n) is 3.25. The fourth-order valence-electron chi connectivity index (χ4n) is 2.24. The number of hydrogen-bond acceptors (Lipinski definition) is 4. The van der Waals surface area contributed by atoms with Crippen LogP contribution < -0.4 is 10.6 Å². The highest BCUT2D eigenvalue weighted by atomic mass is 16.4. The molecular weight excluding hydrogens is 258 g/mol. The quantitative estimate of drug-likeness (QED) is 0.731. The third kappa shape index (κ3) is 3.69. The molecule has 1 atom stereocenters. The van der Waals surface area contributed by atoms with Crippen LogP contribution in [0.2, 0.25) is 0 Å². The molecule has 2 heterocycles. The molecular formula is C14H19N3O3. The minimum absolute atomic E-state index is 0.0655. The first-order valence-corrected chi connectivity index (χ1v) is 6.86. The van der Waals surface area contributed by atoms with Gasteiger partial charge in [0.15, 0.2) is 0 Å². The fourth-order valence-corrected chi connectivity index (χ4v) is 2.24. The second kappa shape index (κ2) is 6.36. The van der Waals surface area contributed by atoms with E-state index in [-0.39, 0.29) is 17.5 Å². The van der Waals surface area contributed by atoms with Gasteiger partial charge in [-0.15, -0.1) is 0 Å². The van der Waals surface area contributed by atoms with Gasteiger partial charge in [-0.1, -0.05) is 13.3 Å². The highest BCUT2D eigenvalue weighted by Gasteiger charge is 2.20. The summed E-state index contributed by atoms with van der Waals surface area (Å²) in [4.78, 5) is 26.6. The van der Waals surface area contributed by atoms with Crippen LogP contribution in [0.25, 0.3) is 0 Å². The Balaban J connectivity index is 2.05. The van der Waals surface area contributed by atoms with Gasteiger partial charge in [-0.25, -0.2) is 9.78 Å². The zero-order valence-electron chi connectivity index (χ0n) is 11.5. The first-order valence-electron chi connectivity index (χ1n) is 6.86. The Morgan fingerprint density at radius 2 is 2.35 bits per heavy atom. The molecule has 0 aliphatic carbocycles. The van der Waals surface area contributed by atoms with E-state index in [1.54, 1.807) is 6.07 Å². The molecule has 0 radical (unpaired) electrons. The van der Waals surface area contributed by atoms with Crippen LogP contribution in [0.3, 0.4) is 0 Å². The van der Waals surface area contributed by atoms with E-state index in [9.17, 15) is 9.59 Å². The van der Waals surface area contributed by atoms with E-state index in [1.807, 2.05) is 6.92 Å². The van der Waals surface area contributed by atoms with Crippen LogP contribution in [0.4, 0.5) is 5.82 Å². The van der Waals surface area contributed by atoms with Gasteiger partial charge in [0.05, 0.1) is 5.56 Å². The minimum atomic E-state index is -0.957. The van der Waals surface area contributed by atoms with Crippen LogP contribution in [0.15, 0.2) is 12.1 Å². The summed E-state index contributed by atoms with van der Waals surface area (Å²) < 4.78 is 0. The van der Waals surface area contributed by atoms with Gasteiger partial charge in [0.25, 0.3) is 0 Å². The summed E-state index contributed by atoms with van der Waals surface area (Å²) in [5, 5.41) is 15.1. The molecule has 1 unspecified atom stereocenters. The van der Waals surface area contributed by atoms with Crippen LogP contribution in [0, 0.1) is 0 Å². The molecule has 0 saturated carbocycles. The van der Waals surface area contributed by atoms with E-state index < -0.39 is 5.97 Å². The van der Waals surface area contributed by atoms with Gasteiger partial charge in [-0.3, -0.25) is 4.79 Å². The first kappa shape index (κ1) is 14.3. The standard InChI is InChI=1S/C14H19N3O3/c1-2-3-10-6-9(14(19)20)7-12(16-10)15-8-11-4-5-13(18)17-11/h6-7,11H,2-5,8H2,1H3,(H,15,16)(H,17,18)(H,19,20). The van der Waals surface area contributed by atoms with Crippen LogP contribution >= 0.6 is 0 Å². The van der Waals surface area contributed by atoms with Gasteiger partial charge in [0.1, 0.15) is 5.82 Å². The maximum Gasteiger partial charge on any atom is 0.335 e. The maximum atomic E-state index is 11.1. The Kier molecular flexibility index (Phi) is 4.55. The molecule has 1 fully saturated rings. The average molecular weight is 277 g/mol. The normalized spacial score (nSPS) is 17.9. The number of carbonyl (C=O) groups is 2. The van der Waals surface area contributed by atoms with Crippen molar-refractivity contribution in [2.45, 2.75) is 38.6 Å². The van der Waals surface area contributed by atoms with E-state index in [1.165, 1.54) is 6.07 Å². The monoisotopic (exact) mass is 277 g/mol. The highest BCUT2D eigenvalue weighted by Crippen LogP contribution is 2.14. The number of carboxylic acids is 1. The molecule has 3 N–H and O–H groups in total. The zero-order chi connectivity index (χ0) is 14.5. The minimum Gasteiger partial charge on any atom is -0.478 e. The summed E-state index contributed by atoms with van der Waals surface area (Å²) in [5.41, 5.74) is 1.01. The summed E-state index contributed by atoms with van der Waals surface area (Å²) in [6, 6.07) is 3.22. The Hall–Kier alpha value is -2.11. The lowest BCUT2D eigenvalue weighted by Crippen LogP contribution is -2.32. The molecule has 0 aromatic carbocycles. The number of carboxylic acid groups (broad SMARTS) is 1. The first-order chi connectivity index (χ1) is 9.58. The van der Waals surface area contributed by atoms with Crippen LogP contribution in [-0.4, -0.2) is 34.6 Å². The molecule has 108 valence electrons. The molecule has 1 aliphatic heterocycles. The number of aromatic nitrogens is 1. The maximum absolute atomic E-state index is 11.1. The van der Waals surface area contributed by atoms with Crippen LogP contribution in [0.5, 0.6) is 0 Å². The Morgan fingerprint density at radius 1 is 1.55 bits per heavy atom. The number of anilines is 1. The van der Waals surface area contributed by atoms with E-state index in [0.29, 0.717) is 18.8 Å². The number of amides is 1. The molecule has 2 rings (SSSR count). The van der Waals surface area contributed by atoms with Gasteiger partial charge in [-0.05, 0) is 25.0 Å². The number of nitrogens with one attached hydrogen (secondary N) is 2. The second-order valence-electron chi connectivity index (χ2n) is 4.97. The Bertz CT molecular complexity index is 516. The van der Waals surface area contributed by atoms with E-state index >= 15 is 0 Å². The molecule has 1 aliphatic rings. The molecule has 1 saturated heterocycles. The molecule has 1 aromatic rings. The van der Waals surface area contributed by atoms with Crippen molar-refractivity contribution < 1.29 is 14.7 Å². The lowest BCUT2D eigenvalue weighted by Gasteiger charge is -2.13. The van der Waals surface area contributed by atoms with Crippen molar-refractivity contribution in [3.63, 3.8) is 0 Å². The number of aromatic carboxylic acids is 1. The van der Waals surface area contributed by atoms with E-state index in [2.05, 4.69) is 15.6 Å². The SMILES string of the molecule is CCCc1cc(C(=O)O)cc(NCC2CCC(=O)N2)n1. The topological polar surface area (TPSA) is 91.3 Å². The van der Waals surface area contributed by atoms with Crippen molar-refractivity contribution in [2.24, 2.45) is 0 Å². The summed E-state index contributed by atoms with van der Waals surface area (Å²) in [7, 11) is 0. The largest absolute Gasteiger partial charge is 0.478 e. The van der Waals surface area contributed by atoms with Crippen molar-refractivity contribution in [1.29, 1.82) is 0 Å². The molecule has 6 nitrogen and oxygen atoms in total. The lowest BCUT2D eigenvalue weighted by atomic mass is 10.1. The number of hydrogen-bond donors (Lipinski definition) is 3. The fraction of sp³-hybridized carbons (Fsp3) is 0.500. The van der Waals surface area contributed by atoms with Gasteiger partial charge >= 0.3 is 5.97 Å². The van der Waals surface area contributed by atoms with Gasteiger partial charge in [0.2, 0.25) is 5.91 Å². The van der Waals surface area contributed by atoms with Gasteiger partial charge in [0, 0.05) is 24.7 Å². The molecule has 0 spiro atoms. The Morgan fingerprint density at radius 3 is 2.95 bits per heavy atom. The smallest absolute Gasteiger partial charge is 0.335 e. The zero-order valence-corrected chi connectivity index (χ0v) is 11.5. The lowest BCUT2D eigenvalue weighted by molar-refractivity contribution is -0.119. The average Bonchev–Trinajstić information content (AvgIpc) is 2.82. The number of carbonyl (C=O) groups excluding carboxylic acids is 1. The highest BCUT2D eigenvalue weighted by molar-refractivity contribution is 5.88. The summed E-state index contributed by atoms with van der Waals surface area (Å²) in [6.07, 6.45) is 3.01. The van der Waals surface area contributed by atoms with Gasteiger partial charge < -0.3 is 15.7 Å². The van der Waals surface area contributed by atoms with Crippen molar-refractivity contribution in [2.75, 3.05) is 11.9 Å². The van der Waals surface area contributed by atoms with Crippen molar-refractivity contribution in [3.8, 4) is 0 Å². The molecule has 20 heavy (non-hydrogen) atoms. The molecule has 1 amide bonds. The van der Waals surface area contributed by atoms with E-state index in [0.717, 1.165) is 25.0 Å². The Labute approximate surface area is 117 Å². The second-order valence-corrected chi connectivity index (χ2v) is 4.97. The number of nitrogens with zero attached hydrogens (tertiary/aromatic N) is 1. The van der Waals surface area contributed by atoms with Gasteiger partial charge in [-0.2, -0.15) is 0 Å². The molecule has 1 aromatic heterocycles. The molecule has 6 heteroatoms. The van der Waals surface area contributed by atoms with Crippen molar-refractivity contribution in [3.05, 3.63) is 23.4 Å². The number of rotatable bonds is 6. The summed E-state index contributed by atoms with van der Waals surface area (Å²) in [5.74, 6) is -0.341. The summed E-state index contributed by atoms with van der Waals surface area (Å²) in [6.45, 7) is 2.59. The predicted octanol–water partition coefficient (Wildman–Crippen LogP) is 1.42. The van der Waals surface area contributed by atoms with Crippen LogP contribution in [0.1, 0.15) is 42.2 Å². The van der Waals surface area contributed by atoms with Crippen molar-refractivity contribution in [1.82, 2.24) is 10.3 Å². The number of aryl methyl sites for hydroxylation is 1. The number of pyridine rings is 1. The summed E-state index contributed by atoms with van der Waals surface area (Å²) >= 11 is 0. The van der Waals surface area contributed by atoms with Crippen LogP contribution in [-0.2, 0) is 11.2 Å².